The lowest BCUT2D eigenvalue weighted by atomic mass is 10.0. The van der Waals surface area contributed by atoms with Crippen molar-refractivity contribution in [2.24, 2.45) is 0 Å². The second kappa shape index (κ2) is 82.1. The van der Waals surface area contributed by atoms with Crippen molar-refractivity contribution in [2.45, 2.75) is 477 Å². The first-order valence-electron chi connectivity index (χ1n) is 43.0. The van der Waals surface area contributed by atoms with Crippen LogP contribution >= 0.6 is 12.4 Å². The Morgan fingerprint density at radius 3 is 0.608 bits per heavy atom. The van der Waals surface area contributed by atoms with E-state index in [9.17, 15) is 33.9 Å². The van der Waals surface area contributed by atoms with Crippen LogP contribution in [-0.4, -0.2) is 134 Å². The van der Waals surface area contributed by atoms with Crippen molar-refractivity contribution in [3.05, 3.63) is 0 Å². The smallest absolute Gasteiger partial charge is 0.306 e. The van der Waals surface area contributed by atoms with Crippen LogP contribution in [0.4, 0.5) is 0 Å². The van der Waals surface area contributed by atoms with Gasteiger partial charge in [0.25, 0.3) is 0 Å². The molecule has 0 spiro atoms. The van der Waals surface area contributed by atoms with Gasteiger partial charge in [-0.25, -0.2) is 0 Å². The molecule has 0 unspecified atom stereocenters. The number of carbonyl (C=O) groups excluding carboxylic acids is 5. The minimum atomic E-state index is -0.711. The van der Waals surface area contributed by atoms with Gasteiger partial charge in [0.1, 0.15) is 30.5 Å². The third-order valence-electron chi connectivity index (χ3n) is 19.2. The summed E-state index contributed by atoms with van der Waals surface area (Å²) in [7, 11) is 7.93. The second-order valence-electron chi connectivity index (χ2n) is 30.2. The molecule has 15 nitrogen and oxygen atoms in total. The molecule has 0 radical (unpaired) electrons. The number of ether oxygens (including phenoxy) is 5. The standard InChI is InChI=1S/C43H83NO6.C37H72O5.C6H13NO2.ClH/c1-7-11-28-38(29-12-8-2)48-41(45)34-25-21-17-15-19-23-32-40(50-43(47)36-27-37-44(5)6)33-24-20-16-18-22-26-35-42(46)49-39(30-13-9-3)31-14-10-4;1-5-9-27-34(28-10-6-2)41-36(39)31-23-19-15-13-17-21-25-33(38)26-22-18-14-16-20-24-32-37(40)42-35(29-11-7-3)30-12-8-4;1-7(2)5-3-4-6(8)9;/h38-40H,7-37H2,1-6H3;33-35,38H,5-32H2,1-4H3;3-5H2,1-2H3,(H,8,9);1H. The average Bonchev–Trinajstić information content (AvgIpc) is 1.13. The summed E-state index contributed by atoms with van der Waals surface area (Å²) in [5.74, 6) is -0.837. The topological polar surface area (TPSA) is 196 Å². The first-order chi connectivity index (χ1) is 48.8. The largest absolute Gasteiger partial charge is 0.481 e. The van der Waals surface area contributed by atoms with Crippen LogP contribution < -0.4 is 0 Å². The molecule has 16 heteroatoms. The monoisotopic (exact) mass is 1470 g/mol. The van der Waals surface area contributed by atoms with Crippen molar-refractivity contribution in [2.75, 3.05) is 41.3 Å². The number of rotatable bonds is 73. The van der Waals surface area contributed by atoms with Gasteiger partial charge in [-0.15, -0.1) is 12.4 Å². The van der Waals surface area contributed by atoms with E-state index in [1.54, 1.807) is 0 Å². The molecule has 0 aromatic rings. The molecule has 0 aromatic heterocycles. The number of unbranched alkanes of at least 4 members (excludes halogenated alkanes) is 28. The SMILES string of the molecule is CCCCC(CCCC)OC(=O)CCCCCCCCC(CCCCCCCCC(=O)OC(CCCC)CCCC)OC(=O)CCCN(C)C.CCCCC(CCCC)OC(=O)CCCCCCCCC(O)CCCCCCCCC(=O)OC(CCCC)CCCC.CN(C)CCCC(=O)O.Cl. The van der Waals surface area contributed by atoms with Crippen molar-refractivity contribution < 1.29 is 62.7 Å². The molecule has 0 saturated carbocycles. The fourth-order valence-electron chi connectivity index (χ4n) is 12.6. The minimum absolute atomic E-state index is 0. The highest BCUT2D eigenvalue weighted by Gasteiger charge is 2.19. The molecule has 0 aromatic carbocycles. The Bertz CT molecular complexity index is 1690. The van der Waals surface area contributed by atoms with E-state index < -0.39 is 5.97 Å². The van der Waals surface area contributed by atoms with Gasteiger partial charge in [-0.1, -0.05) is 274 Å². The highest BCUT2D eigenvalue weighted by Crippen LogP contribution is 2.23. The Kier molecular flexibility index (Phi) is 84.7. The first-order valence-corrected chi connectivity index (χ1v) is 43.0. The number of nitrogens with zero attached hydrogens (tertiary/aromatic N) is 2. The van der Waals surface area contributed by atoms with Gasteiger partial charge in [0, 0.05) is 38.5 Å². The van der Waals surface area contributed by atoms with E-state index >= 15 is 0 Å². The molecule has 0 aliphatic carbocycles. The van der Waals surface area contributed by atoms with Gasteiger partial charge in [0.05, 0.1) is 6.10 Å². The number of aliphatic hydroxyl groups excluding tert-OH is 1. The molecule has 2 N–H and O–H groups in total. The molecule has 0 aliphatic rings. The van der Waals surface area contributed by atoms with Crippen molar-refractivity contribution in [3.8, 4) is 0 Å². The highest BCUT2D eigenvalue weighted by molar-refractivity contribution is 5.85. The Balaban J connectivity index is -0.000000839. The van der Waals surface area contributed by atoms with Gasteiger partial charge in [-0.3, -0.25) is 28.8 Å². The lowest BCUT2D eigenvalue weighted by Gasteiger charge is -2.19. The molecule has 608 valence electrons. The number of carbonyl (C=O) groups is 6. The summed E-state index contributed by atoms with van der Waals surface area (Å²) in [6, 6.07) is 0. The number of hydrogen-bond acceptors (Lipinski definition) is 14. The Morgan fingerprint density at radius 1 is 0.245 bits per heavy atom. The van der Waals surface area contributed by atoms with Crippen LogP contribution in [0.2, 0.25) is 0 Å². The number of hydrogen-bond donors (Lipinski definition) is 2. The molecular weight excluding hydrogens is 1300 g/mol. The zero-order valence-electron chi connectivity index (χ0n) is 69.0. The van der Waals surface area contributed by atoms with E-state index in [1.807, 2.05) is 33.1 Å². The van der Waals surface area contributed by atoms with Crippen LogP contribution in [0.3, 0.4) is 0 Å². The third-order valence-corrected chi connectivity index (χ3v) is 19.2. The van der Waals surface area contributed by atoms with Gasteiger partial charge in [0.15, 0.2) is 0 Å². The lowest BCUT2D eigenvalue weighted by molar-refractivity contribution is -0.151. The fourth-order valence-corrected chi connectivity index (χ4v) is 12.6. The third kappa shape index (κ3) is 81.1. The zero-order valence-corrected chi connectivity index (χ0v) is 69.8. The summed E-state index contributed by atoms with van der Waals surface area (Å²) in [4.78, 5) is 75.8. The first kappa shape index (κ1) is 105. The summed E-state index contributed by atoms with van der Waals surface area (Å²) < 4.78 is 29.1. The molecule has 0 aliphatic heterocycles. The number of carboxylic acid groups (broad SMARTS) is 1. The lowest BCUT2D eigenvalue weighted by Crippen LogP contribution is -2.20. The van der Waals surface area contributed by atoms with Gasteiger partial charge >= 0.3 is 35.8 Å². The van der Waals surface area contributed by atoms with Crippen molar-refractivity contribution in [1.29, 1.82) is 0 Å². The van der Waals surface area contributed by atoms with E-state index in [-0.39, 0.29) is 85.3 Å². The maximum atomic E-state index is 12.6. The summed E-state index contributed by atoms with van der Waals surface area (Å²) in [6.45, 7) is 19.2. The number of aliphatic carboxylic acids is 1. The van der Waals surface area contributed by atoms with E-state index in [4.69, 9.17) is 28.8 Å². The predicted octanol–water partition coefficient (Wildman–Crippen LogP) is 24.1. The summed E-state index contributed by atoms with van der Waals surface area (Å²) >= 11 is 0. The van der Waals surface area contributed by atoms with E-state index in [0.29, 0.717) is 32.1 Å². The van der Waals surface area contributed by atoms with Crippen LogP contribution in [0, 0.1) is 0 Å². The Labute approximate surface area is 636 Å². The van der Waals surface area contributed by atoms with Gasteiger partial charge < -0.3 is 43.7 Å². The van der Waals surface area contributed by atoms with Crippen molar-refractivity contribution >= 4 is 48.2 Å². The van der Waals surface area contributed by atoms with Gasteiger partial charge in [0.2, 0.25) is 0 Å². The molecule has 0 heterocycles. The number of halogens is 1. The summed E-state index contributed by atoms with van der Waals surface area (Å²) in [5, 5.41) is 18.5. The number of aliphatic hydroxyl groups is 1. The van der Waals surface area contributed by atoms with E-state index in [2.05, 4.69) is 60.3 Å². The maximum absolute atomic E-state index is 12.6. The average molecular weight is 1470 g/mol. The minimum Gasteiger partial charge on any atom is -0.481 e. The molecule has 102 heavy (non-hydrogen) atoms. The zero-order chi connectivity index (χ0) is 75.5. The fraction of sp³-hybridized carbons (Fsp3) is 0.930. The molecular formula is C86H169ClN2O13. The van der Waals surface area contributed by atoms with Crippen LogP contribution in [0.5, 0.6) is 0 Å². The van der Waals surface area contributed by atoms with E-state index in [1.165, 1.54) is 12.8 Å². The highest BCUT2D eigenvalue weighted by atomic mass is 35.5. The predicted molar refractivity (Wildman–Crippen MR) is 430 cm³/mol. The second-order valence-corrected chi connectivity index (χ2v) is 30.2. The molecule has 0 fully saturated rings. The molecule has 0 bridgehead atoms. The number of carboxylic acids is 1. The van der Waals surface area contributed by atoms with Gasteiger partial charge in [-0.05, 0) is 170 Å². The van der Waals surface area contributed by atoms with Crippen LogP contribution in [0.25, 0.3) is 0 Å². The van der Waals surface area contributed by atoms with Crippen molar-refractivity contribution in [3.63, 3.8) is 0 Å². The Hall–Kier alpha value is -3.01. The maximum Gasteiger partial charge on any atom is 0.306 e. The Morgan fingerprint density at radius 2 is 0.412 bits per heavy atom. The number of esters is 5. The van der Waals surface area contributed by atoms with Gasteiger partial charge in [-0.2, -0.15) is 0 Å². The molecule has 0 rings (SSSR count). The summed E-state index contributed by atoms with van der Waals surface area (Å²) in [5.41, 5.74) is 0. The van der Waals surface area contributed by atoms with Crippen molar-refractivity contribution in [1.82, 2.24) is 9.80 Å². The molecule has 0 saturated heterocycles. The molecule has 0 atom stereocenters. The quantitative estimate of drug-likeness (QED) is 0.0331. The van der Waals surface area contributed by atoms with Crippen LogP contribution in [0.15, 0.2) is 0 Å². The van der Waals surface area contributed by atoms with Crippen LogP contribution in [0.1, 0.15) is 441 Å². The normalized spacial score (nSPS) is 11.4. The molecule has 0 amide bonds. The van der Waals surface area contributed by atoms with Crippen LogP contribution in [-0.2, 0) is 52.5 Å². The van der Waals surface area contributed by atoms with E-state index in [0.717, 1.165) is 347 Å². The summed E-state index contributed by atoms with van der Waals surface area (Å²) in [6.07, 6.45) is 60.8.